The molecule has 1 aliphatic rings. The minimum Gasteiger partial charge on any atom is -0.477 e. The van der Waals surface area contributed by atoms with E-state index in [4.69, 9.17) is 0 Å². The molecule has 0 radical (unpaired) electrons. The molecule has 0 unspecified atom stereocenters. The molecule has 0 atom stereocenters. The Balaban J connectivity index is 1.99. The van der Waals surface area contributed by atoms with Crippen LogP contribution in [0.25, 0.3) is 10.1 Å². The van der Waals surface area contributed by atoms with Crippen molar-refractivity contribution >= 4 is 27.4 Å². The summed E-state index contributed by atoms with van der Waals surface area (Å²) in [5.41, 5.74) is 0.999. The number of carboxylic acids is 1. The van der Waals surface area contributed by atoms with E-state index in [0.29, 0.717) is 10.9 Å². The van der Waals surface area contributed by atoms with Crippen molar-refractivity contribution in [2.75, 3.05) is 6.54 Å². The van der Waals surface area contributed by atoms with Crippen molar-refractivity contribution in [3.8, 4) is 0 Å². The molecule has 1 aliphatic carbocycles. The van der Waals surface area contributed by atoms with E-state index >= 15 is 0 Å². The molecule has 2 aromatic rings. The van der Waals surface area contributed by atoms with Gasteiger partial charge in [-0.05, 0) is 42.8 Å². The molecular formula is C16H19NO2S. The molecule has 3 rings (SSSR count). The number of fused-ring (bicyclic) bond motifs is 1. The van der Waals surface area contributed by atoms with Gasteiger partial charge in [-0.15, -0.1) is 11.3 Å². The molecular weight excluding hydrogens is 270 g/mol. The molecule has 20 heavy (non-hydrogen) atoms. The molecule has 0 bridgehead atoms. The Morgan fingerprint density at radius 1 is 1.40 bits per heavy atom. The lowest BCUT2D eigenvalue weighted by Crippen LogP contribution is -2.26. The summed E-state index contributed by atoms with van der Waals surface area (Å²) >= 11 is 1.40. The number of hydrogen-bond donors (Lipinski definition) is 1. The van der Waals surface area contributed by atoms with Crippen LogP contribution in [0.4, 0.5) is 0 Å². The summed E-state index contributed by atoms with van der Waals surface area (Å²) < 4.78 is 1.08. The second kappa shape index (κ2) is 5.54. The van der Waals surface area contributed by atoms with Gasteiger partial charge in [-0.3, -0.25) is 4.90 Å². The van der Waals surface area contributed by atoms with E-state index in [9.17, 15) is 9.90 Å². The third-order valence-corrected chi connectivity index (χ3v) is 5.03. The second-order valence-corrected chi connectivity index (χ2v) is 6.46. The minimum atomic E-state index is -0.798. The van der Waals surface area contributed by atoms with Crippen LogP contribution in [0.3, 0.4) is 0 Å². The number of carboxylic acid groups (broad SMARTS) is 1. The van der Waals surface area contributed by atoms with Gasteiger partial charge in [0.25, 0.3) is 0 Å². The van der Waals surface area contributed by atoms with E-state index in [0.717, 1.165) is 35.2 Å². The van der Waals surface area contributed by atoms with Crippen molar-refractivity contribution in [2.24, 2.45) is 0 Å². The average Bonchev–Trinajstić information content (AvgIpc) is 3.21. The van der Waals surface area contributed by atoms with Crippen molar-refractivity contribution in [2.45, 2.75) is 38.8 Å². The molecule has 1 N–H and O–H groups in total. The van der Waals surface area contributed by atoms with Gasteiger partial charge in [0.15, 0.2) is 0 Å². The van der Waals surface area contributed by atoms with Crippen LogP contribution >= 0.6 is 11.3 Å². The van der Waals surface area contributed by atoms with Crippen LogP contribution < -0.4 is 0 Å². The van der Waals surface area contributed by atoms with Crippen molar-refractivity contribution in [1.29, 1.82) is 0 Å². The maximum atomic E-state index is 11.5. The number of nitrogens with zero attached hydrogens (tertiary/aromatic N) is 1. The van der Waals surface area contributed by atoms with Crippen molar-refractivity contribution < 1.29 is 9.90 Å². The van der Waals surface area contributed by atoms with Crippen LogP contribution in [0.15, 0.2) is 24.3 Å². The van der Waals surface area contributed by atoms with Crippen LogP contribution in [-0.2, 0) is 6.54 Å². The number of carbonyl (C=O) groups is 1. The summed E-state index contributed by atoms with van der Waals surface area (Å²) in [6, 6.07) is 8.68. The minimum absolute atomic E-state index is 0.507. The Labute approximate surface area is 122 Å². The molecule has 0 spiro atoms. The fourth-order valence-corrected chi connectivity index (χ4v) is 3.80. The zero-order valence-electron chi connectivity index (χ0n) is 11.6. The number of benzene rings is 1. The summed E-state index contributed by atoms with van der Waals surface area (Å²) in [5, 5.41) is 10.6. The van der Waals surface area contributed by atoms with E-state index in [1.54, 1.807) is 0 Å². The lowest BCUT2D eigenvalue weighted by molar-refractivity contribution is 0.0700. The SMILES string of the molecule is CCCN(Cc1c(C(=O)O)sc2ccccc12)C1CC1. The topological polar surface area (TPSA) is 40.5 Å². The third-order valence-electron chi connectivity index (χ3n) is 3.83. The van der Waals surface area contributed by atoms with E-state index in [-0.39, 0.29) is 0 Å². The Morgan fingerprint density at radius 2 is 2.15 bits per heavy atom. The quantitative estimate of drug-likeness (QED) is 0.874. The zero-order valence-corrected chi connectivity index (χ0v) is 12.4. The van der Waals surface area contributed by atoms with Crippen molar-refractivity contribution in [3.05, 3.63) is 34.7 Å². The molecule has 1 saturated carbocycles. The second-order valence-electron chi connectivity index (χ2n) is 5.41. The van der Waals surface area contributed by atoms with Gasteiger partial charge in [0.1, 0.15) is 4.88 Å². The Hall–Kier alpha value is -1.39. The van der Waals surface area contributed by atoms with Gasteiger partial charge in [0, 0.05) is 17.3 Å². The molecule has 0 amide bonds. The first kappa shape index (κ1) is 13.6. The standard InChI is InChI=1S/C16H19NO2S/c1-2-9-17(11-7-8-11)10-13-12-5-3-4-6-14(12)20-15(13)16(18)19/h3-6,11H,2,7-10H2,1H3,(H,18,19). The first-order valence-corrected chi connectivity index (χ1v) is 8.00. The van der Waals surface area contributed by atoms with Crippen LogP contribution in [-0.4, -0.2) is 28.6 Å². The fraction of sp³-hybridized carbons (Fsp3) is 0.438. The largest absolute Gasteiger partial charge is 0.477 e. The number of aromatic carboxylic acids is 1. The zero-order chi connectivity index (χ0) is 14.1. The number of rotatable bonds is 6. The summed E-state index contributed by atoms with van der Waals surface area (Å²) in [7, 11) is 0. The van der Waals surface area contributed by atoms with Gasteiger partial charge in [-0.2, -0.15) is 0 Å². The molecule has 0 aliphatic heterocycles. The van der Waals surface area contributed by atoms with E-state index in [2.05, 4.69) is 11.8 Å². The first-order chi connectivity index (χ1) is 9.70. The molecule has 0 saturated heterocycles. The molecule has 3 nitrogen and oxygen atoms in total. The van der Waals surface area contributed by atoms with Gasteiger partial charge < -0.3 is 5.11 Å². The van der Waals surface area contributed by atoms with Gasteiger partial charge in [-0.1, -0.05) is 25.1 Å². The summed E-state index contributed by atoms with van der Waals surface area (Å²) in [4.78, 5) is 14.5. The van der Waals surface area contributed by atoms with Crippen molar-refractivity contribution in [1.82, 2.24) is 4.90 Å². The molecule has 1 heterocycles. The Kier molecular flexibility index (Phi) is 3.76. The highest BCUT2D eigenvalue weighted by Crippen LogP contribution is 2.35. The van der Waals surface area contributed by atoms with Crippen LogP contribution in [0.5, 0.6) is 0 Å². The van der Waals surface area contributed by atoms with E-state index < -0.39 is 5.97 Å². The van der Waals surface area contributed by atoms with Gasteiger partial charge in [0.2, 0.25) is 0 Å². The summed E-state index contributed by atoms with van der Waals surface area (Å²) in [6.45, 7) is 4.00. The van der Waals surface area contributed by atoms with Gasteiger partial charge in [0.05, 0.1) is 0 Å². The lowest BCUT2D eigenvalue weighted by Gasteiger charge is -2.21. The predicted octanol–water partition coefficient (Wildman–Crippen LogP) is 3.97. The number of thiophene rings is 1. The van der Waals surface area contributed by atoms with Crippen LogP contribution in [0, 0.1) is 0 Å². The maximum Gasteiger partial charge on any atom is 0.346 e. The van der Waals surface area contributed by atoms with E-state index in [1.165, 1.54) is 24.2 Å². The van der Waals surface area contributed by atoms with E-state index in [1.807, 2.05) is 24.3 Å². The highest BCUT2D eigenvalue weighted by Gasteiger charge is 2.30. The highest BCUT2D eigenvalue weighted by molar-refractivity contribution is 7.21. The molecule has 1 aromatic heterocycles. The first-order valence-electron chi connectivity index (χ1n) is 7.18. The lowest BCUT2D eigenvalue weighted by atomic mass is 10.1. The maximum absolute atomic E-state index is 11.5. The fourth-order valence-electron chi connectivity index (χ4n) is 2.75. The highest BCUT2D eigenvalue weighted by atomic mass is 32.1. The average molecular weight is 289 g/mol. The number of hydrogen-bond acceptors (Lipinski definition) is 3. The van der Waals surface area contributed by atoms with Crippen molar-refractivity contribution in [3.63, 3.8) is 0 Å². The Bertz CT molecular complexity index is 630. The summed E-state index contributed by atoms with van der Waals surface area (Å²) in [5.74, 6) is -0.798. The van der Waals surface area contributed by atoms with Crippen LogP contribution in [0.2, 0.25) is 0 Å². The predicted molar refractivity (Wildman–Crippen MR) is 82.5 cm³/mol. The van der Waals surface area contributed by atoms with Crippen LogP contribution in [0.1, 0.15) is 41.4 Å². The molecule has 1 aromatic carbocycles. The van der Waals surface area contributed by atoms with Gasteiger partial charge >= 0.3 is 5.97 Å². The third kappa shape index (κ3) is 2.58. The van der Waals surface area contributed by atoms with Gasteiger partial charge in [-0.25, -0.2) is 4.79 Å². The normalized spacial score (nSPS) is 15.1. The molecule has 106 valence electrons. The monoisotopic (exact) mass is 289 g/mol. The molecule has 1 fully saturated rings. The Morgan fingerprint density at radius 3 is 2.80 bits per heavy atom. The smallest absolute Gasteiger partial charge is 0.346 e. The molecule has 4 heteroatoms. The summed E-state index contributed by atoms with van der Waals surface area (Å²) in [6.07, 6.45) is 3.62.